The molecule has 0 N–H and O–H groups in total. The van der Waals surface area contributed by atoms with E-state index in [4.69, 9.17) is 4.74 Å². The first kappa shape index (κ1) is 20.9. The van der Waals surface area contributed by atoms with Crippen molar-refractivity contribution < 1.29 is 19.2 Å². The highest BCUT2D eigenvalue weighted by Gasteiger charge is 2.28. The molecule has 0 saturated heterocycles. The summed E-state index contributed by atoms with van der Waals surface area (Å²) >= 11 is 1.32. The zero-order valence-electron chi connectivity index (χ0n) is 16.2. The van der Waals surface area contributed by atoms with E-state index >= 15 is 0 Å². The Balaban J connectivity index is 1.81. The first-order chi connectivity index (χ1) is 14.0. The van der Waals surface area contributed by atoms with E-state index in [1.165, 1.54) is 35.6 Å². The maximum Gasteiger partial charge on any atom is 0.357 e. The first-order valence-electron chi connectivity index (χ1n) is 9.66. The number of carbonyl (C=O) groups excluding carboxylic acids is 2. The summed E-state index contributed by atoms with van der Waals surface area (Å²) in [7, 11) is 0. The number of thiazole rings is 1. The lowest BCUT2D eigenvalue weighted by molar-refractivity contribution is -0.384. The third-order valence-electron chi connectivity index (χ3n) is 4.94. The van der Waals surface area contributed by atoms with E-state index in [2.05, 4.69) is 4.98 Å². The summed E-state index contributed by atoms with van der Waals surface area (Å²) in [4.78, 5) is 41.6. The second-order valence-corrected chi connectivity index (χ2v) is 7.82. The summed E-state index contributed by atoms with van der Waals surface area (Å²) < 4.78 is 4.98. The van der Waals surface area contributed by atoms with Gasteiger partial charge in [-0.3, -0.25) is 14.9 Å². The van der Waals surface area contributed by atoms with Gasteiger partial charge in [0.05, 0.1) is 18.1 Å². The Kier molecular flexibility index (Phi) is 6.92. The minimum atomic E-state index is -0.486. The van der Waals surface area contributed by atoms with Gasteiger partial charge in [-0.2, -0.15) is 0 Å². The van der Waals surface area contributed by atoms with Crippen LogP contribution in [-0.2, 0) is 11.3 Å². The number of nitro groups is 1. The molecule has 0 atom stereocenters. The molecule has 2 aromatic rings. The minimum Gasteiger partial charge on any atom is -0.461 e. The molecule has 1 fully saturated rings. The van der Waals surface area contributed by atoms with Crippen molar-refractivity contribution in [1.29, 1.82) is 0 Å². The third-order valence-corrected chi connectivity index (χ3v) is 5.78. The normalized spacial score (nSPS) is 14.4. The molecule has 8 nitrogen and oxygen atoms in total. The molecule has 0 unspecified atom stereocenters. The van der Waals surface area contributed by atoms with Crippen LogP contribution >= 0.6 is 11.3 Å². The number of benzene rings is 1. The monoisotopic (exact) mass is 417 g/mol. The predicted octanol–water partition coefficient (Wildman–Crippen LogP) is 4.20. The van der Waals surface area contributed by atoms with Crippen LogP contribution in [0.2, 0.25) is 0 Å². The number of amides is 1. The predicted molar refractivity (Wildman–Crippen MR) is 108 cm³/mol. The molecule has 9 heteroatoms. The Labute approximate surface area is 172 Å². The van der Waals surface area contributed by atoms with Crippen molar-refractivity contribution in [2.24, 2.45) is 0 Å². The van der Waals surface area contributed by atoms with Crippen LogP contribution in [0, 0.1) is 10.1 Å². The fourth-order valence-corrected chi connectivity index (χ4v) is 4.24. The summed E-state index contributed by atoms with van der Waals surface area (Å²) in [6, 6.07) is 5.74. The van der Waals surface area contributed by atoms with Crippen LogP contribution in [0.1, 0.15) is 64.9 Å². The molecule has 1 aromatic carbocycles. The highest BCUT2D eigenvalue weighted by molar-refractivity contribution is 7.09. The Bertz CT molecular complexity index is 874. The molecule has 1 aromatic heterocycles. The van der Waals surface area contributed by atoms with Gasteiger partial charge in [-0.15, -0.1) is 11.3 Å². The zero-order valence-corrected chi connectivity index (χ0v) is 17.0. The molecule has 0 bridgehead atoms. The van der Waals surface area contributed by atoms with Gasteiger partial charge in [-0.1, -0.05) is 19.3 Å². The third kappa shape index (κ3) is 5.17. The van der Waals surface area contributed by atoms with E-state index in [1.54, 1.807) is 17.2 Å². The Hall–Kier alpha value is -2.81. The van der Waals surface area contributed by atoms with Crippen molar-refractivity contribution in [3.63, 3.8) is 0 Å². The molecule has 1 heterocycles. The lowest BCUT2D eigenvalue weighted by Crippen LogP contribution is -2.41. The second-order valence-electron chi connectivity index (χ2n) is 6.88. The number of nitro benzene ring substituents is 1. The maximum absolute atomic E-state index is 13.2. The molecule has 3 rings (SSSR count). The number of aromatic nitrogens is 1. The van der Waals surface area contributed by atoms with Crippen LogP contribution in [0.25, 0.3) is 0 Å². The van der Waals surface area contributed by atoms with Gasteiger partial charge in [0, 0.05) is 29.1 Å². The van der Waals surface area contributed by atoms with E-state index in [-0.39, 0.29) is 29.9 Å². The smallest absolute Gasteiger partial charge is 0.357 e. The number of hydrogen-bond acceptors (Lipinski definition) is 7. The van der Waals surface area contributed by atoms with Gasteiger partial charge in [0.2, 0.25) is 0 Å². The Morgan fingerprint density at radius 1 is 1.24 bits per heavy atom. The largest absolute Gasteiger partial charge is 0.461 e. The van der Waals surface area contributed by atoms with Gasteiger partial charge >= 0.3 is 5.97 Å². The van der Waals surface area contributed by atoms with E-state index in [9.17, 15) is 19.7 Å². The van der Waals surface area contributed by atoms with Crippen LogP contribution in [0.4, 0.5) is 5.69 Å². The van der Waals surface area contributed by atoms with Gasteiger partial charge in [-0.25, -0.2) is 9.78 Å². The van der Waals surface area contributed by atoms with E-state index in [0.29, 0.717) is 17.1 Å². The van der Waals surface area contributed by atoms with E-state index in [1.807, 2.05) is 0 Å². The van der Waals surface area contributed by atoms with Crippen molar-refractivity contribution in [3.05, 3.63) is 56.0 Å². The van der Waals surface area contributed by atoms with Crippen LogP contribution in [0.15, 0.2) is 29.6 Å². The highest BCUT2D eigenvalue weighted by atomic mass is 32.1. The summed E-state index contributed by atoms with van der Waals surface area (Å²) in [6.45, 7) is 2.31. The molecular formula is C20H23N3O5S. The molecule has 0 aliphatic heterocycles. The molecule has 1 saturated carbocycles. The topological polar surface area (TPSA) is 103 Å². The van der Waals surface area contributed by atoms with Crippen molar-refractivity contribution in [2.45, 2.75) is 51.6 Å². The summed E-state index contributed by atoms with van der Waals surface area (Å²) in [6.07, 6.45) is 5.09. The number of ether oxygens (including phenoxy) is 1. The standard InChI is InChI=1S/C20H23N3O5S/c1-2-28-20(25)17-13-29-18(21-17)12-22(15-6-4-3-5-7-15)19(24)14-8-10-16(11-9-14)23(26)27/h8-11,13,15H,2-7,12H2,1H3. The number of nitrogens with zero attached hydrogens (tertiary/aromatic N) is 3. The number of carbonyl (C=O) groups is 2. The molecule has 154 valence electrons. The van der Waals surface area contributed by atoms with Crippen molar-refractivity contribution >= 4 is 28.9 Å². The Morgan fingerprint density at radius 2 is 1.93 bits per heavy atom. The van der Waals surface area contributed by atoms with Crippen LogP contribution < -0.4 is 0 Å². The molecule has 1 aliphatic carbocycles. The lowest BCUT2D eigenvalue weighted by atomic mass is 9.93. The van der Waals surface area contributed by atoms with Crippen molar-refractivity contribution in [3.8, 4) is 0 Å². The molecule has 0 radical (unpaired) electrons. The molecular weight excluding hydrogens is 394 g/mol. The fraction of sp³-hybridized carbons (Fsp3) is 0.450. The van der Waals surface area contributed by atoms with E-state index in [0.717, 1.165) is 32.1 Å². The number of esters is 1. The number of rotatable bonds is 7. The Morgan fingerprint density at radius 3 is 2.55 bits per heavy atom. The maximum atomic E-state index is 13.2. The average Bonchev–Trinajstić information content (AvgIpc) is 3.21. The van der Waals surface area contributed by atoms with Gasteiger partial charge in [0.1, 0.15) is 5.01 Å². The van der Waals surface area contributed by atoms with Gasteiger partial charge in [-0.05, 0) is 31.9 Å². The second kappa shape index (κ2) is 9.60. The van der Waals surface area contributed by atoms with Gasteiger partial charge in [0.15, 0.2) is 5.69 Å². The van der Waals surface area contributed by atoms with Gasteiger partial charge < -0.3 is 9.64 Å². The minimum absolute atomic E-state index is 0.0511. The van der Waals surface area contributed by atoms with E-state index < -0.39 is 10.9 Å². The highest BCUT2D eigenvalue weighted by Crippen LogP contribution is 2.27. The SMILES string of the molecule is CCOC(=O)c1csc(CN(C(=O)c2ccc([N+](=O)[O-])cc2)C2CCCCC2)n1. The quantitative estimate of drug-likeness (QED) is 0.380. The summed E-state index contributed by atoms with van der Waals surface area (Å²) in [5, 5.41) is 13.2. The van der Waals surface area contributed by atoms with Crippen LogP contribution in [-0.4, -0.2) is 39.3 Å². The van der Waals surface area contributed by atoms with Crippen LogP contribution in [0.3, 0.4) is 0 Å². The average molecular weight is 417 g/mol. The van der Waals surface area contributed by atoms with Crippen molar-refractivity contribution in [2.75, 3.05) is 6.61 Å². The first-order valence-corrected chi connectivity index (χ1v) is 10.5. The number of non-ortho nitro benzene ring substituents is 1. The van der Waals surface area contributed by atoms with Crippen LogP contribution in [0.5, 0.6) is 0 Å². The van der Waals surface area contributed by atoms with Gasteiger partial charge in [0.25, 0.3) is 11.6 Å². The summed E-state index contributed by atoms with van der Waals surface area (Å²) in [5.41, 5.74) is 0.603. The molecule has 0 spiro atoms. The fourth-order valence-electron chi connectivity index (χ4n) is 3.48. The molecule has 29 heavy (non-hydrogen) atoms. The molecule has 1 amide bonds. The van der Waals surface area contributed by atoms with Crippen molar-refractivity contribution in [1.82, 2.24) is 9.88 Å². The molecule has 1 aliphatic rings. The lowest BCUT2D eigenvalue weighted by Gasteiger charge is -2.34. The number of hydrogen-bond donors (Lipinski definition) is 0. The summed E-state index contributed by atoms with van der Waals surface area (Å²) in [5.74, 6) is -0.652. The zero-order chi connectivity index (χ0) is 20.8.